The first-order valence-corrected chi connectivity index (χ1v) is 8.80. The monoisotopic (exact) mass is 375 g/mol. The van der Waals surface area contributed by atoms with Gasteiger partial charge in [-0.1, -0.05) is 42.0 Å². The van der Waals surface area contributed by atoms with Crippen molar-refractivity contribution in [3.63, 3.8) is 0 Å². The third-order valence-electron chi connectivity index (χ3n) is 4.18. The number of methoxy groups -OCH3 is 1. The highest BCUT2D eigenvalue weighted by atomic mass is 16.5. The van der Waals surface area contributed by atoms with Crippen molar-refractivity contribution in [3.05, 3.63) is 89.1 Å². The van der Waals surface area contributed by atoms with Gasteiger partial charge in [0, 0.05) is 12.1 Å². The van der Waals surface area contributed by atoms with E-state index >= 15 is 0 Å². The Kier molecular flexibility index (Phi) is 6.01. The molecule has 0 fully saturated rings. The number of hydrogen-bond donors (Lipinski definition) is 1. The number of amides is 1. The standard InChI is InChI=1S/C22H21N3O3/c1-16-3-5-18(6-4-16)15-25-20(13-14-23-25)24-21(26)12-9-17-7-10-19(11-8-17)22(27)28-2/h3-14H,15H2,1-2H3,(H,24,26)/b12-9+. The molecule has 28 heavy (non-hydrogen) atoms. The molecule has 0 unspecified atom stereocenters. The maximum atomic E-state index is 12.2. The number of anilines is 1. The van der Waals surface area contributed by atoms with Gasteiger partial charge in [-0.15, -0.1) is 0 Å². The largest absolute Gasteiger partial charge is 0.465 e. The van der Waals surface area contributed by atoms with Gasteiger partial charge in [0.1, 0.15) is 5.82 Å². The summed E-state index contributed by atoms with van der Waals surface area (Å²) < 4.78 is 6.40. The zero-order valence-electron chi connectivity index (χ0n) is 15.8. The first-order chi connectivity index (χ1) is 13.5. The van der Waals surface area contributed by atoms with Gasteiger partial charge in [0.25, 0.3) is 0 Å². The molecule has 0 aliphatic rings. The second-order valence-electron chi connectivity index (χ2n) is 6.30. The Labute approximate surface area is 163 Å². The Morgan fingerprint density at radius 3 is 2.46 bits per heavy atom. The SMILES string of the molecule is COC(=O)c1ccc(/C=C/C(=O)Nc2ccnn2Cc2ccc(C)cc2)cc1. The van der Waals surface area contributed by atoms with Crippen LogP contribution in [0.15, 0.2) is 66.9 Å². The summed E-state index contributed by atoms with van der Waals surface area (Å²) in [6, 6.07) is 16.7. The van der Waals surface area contributed by atoms with Gasteiger partial charge in [-0.05, 0) is 36.3 Å². The van der Waals surface area contributed by atoms with Gasteiger partial charge in [-0.2, -0.15) is 5.10 Å². The van der Waals surface area contributed by atoms with E-state index < -0.39 is 5.97 Å². The number of carbonyl (C=O) groups excluding carboxylic acids is 2. The van der Waals surface area contributed by atoms with Gasteiger partial charge in [0.15, 0.2) is 0 Å². The Bertz CT molecular complexity index is 987. The van der Waals surface area contributed by atoms with Crippen molar-refractivity contribution in [2.45, 2.75) is 13.5 Å². The molecule has 0 spiro atoms. The fraction of sp³-hybridized carbons (Fsp3) is 0.136. The van der Waals surface area contributed by atoms with Gasteiger partial charge in [0.2, 0.25) is 5.91 Å². The fourth-order valence-electron chi connectivity index (χ4n) is 2.62. The molecule has 142 valence electrons. The average molecular weight is 375 g/mol. The van der Waals surface area contributed by atoms with Crippen molar-refractivity contribution in [1.29, 1.82) is 0 Å². The molecule has 1 N–H and O–H groups in total. The van der Waals surface area contributed by atoms with Crippen LogP contribution < -0.4 is 5.32 Å². The van der Waals surface area contributed by atoms with E-state index in [2.05, 4.69) is 15.2 Å². The van der Waals surface area contributed by atoms with E-state index in [4.69, 9.17) is 0 Å². The van der Waals surface area contributed by atoms with Gasteiger partial charge < -0.3 is 10.1 Å². The number of carbonyl (C=O) groups is 2. The fourth-order valence-corrected chi connectivity index (χ4v) is 2.62. The lowest BCUT2D eigenvalue weighted by Crippen LogP contribution is -2.13. The van der Waals surface area contributed by atoms with E-state index in [0.717, 1.165) is 11.1 Å². The molecule has 3 rings (SSSR count). The number of aryl methyl sites for hydroxylation is 1. The number of nitrogens with zero attached hydrogens (tertiary/aromatic N) is 2. The third-order valence-corrected chi connectivity index (χ3v) is 4.18. The Morgan fingerprint density at radius 1 is 1.07 bits per heavy atom. The minimum absolute atomic E-state index is 0.261. The Balaban J connectivity index is 1.62. The second-order valence-corrected chi connectivity index (χ2v) is 6.30. The van der Waals surface area contributed by atoms with Gasteiger partial charge >= 0.3 is 5.97 Å². The van der Waals surface area contributed by atoms with Crippen molar-refractivity contribution in [3.8, 4) is 0 Å². The van der Waals surface area contributed by atoms with Gasteiger partial charge in [-0.3, -0.25) is 4.79 Å². The second kappa shape index (κ2) is 8.81. The van der Waals surface area contributed by atoms with Crippen LogP contribution in [0.4, 0.5) is 5.82 Å². The summed E-state index contributed by atoms with van der Waals surface area (Å²) in [5.41, 5.74) is 3.56. The summed E-state index contributed by atoms with van der Waals surface area (Å²) in [6.45, 7) is 2.61. The van der Waals surface area contributed by atoms with E-state index in [9.17, 15) is 9.59 Å². The molecule has 6 nitrogen and oxygen atoms in total. The third kappa shape index (κ3) is 4.94. The van der Waals surface area contributed by atoms with Crippen LogP contribution in [0.3, 0.4) is 0 Å². The molecule has 0 aliphatic heterocycles. The van der Waals surface area contributed by atoms with E-state index in [1.807, 2.05) is 31.2 Å². The van der Waals surface area contributed by atoms with E-state index in [1.54, 1.807) is 47.3 Å². The van der Waals surface area contributed by atoms with Crippen molar-refractivity contribution in [1.82, 2.24) is 9.78 Å². The zero-order valence-corrected chi connectivity index (χ0v) is 15.8. The van der Waals surface area contributed by atoms with Crippen LogP contribution in [-0.2, 0) is 16.1 Å². The molecular formula is C22H21N3O3. The van der Waals surface area contributed by atoms with Crippen molar-refractivity contribution in [2.75, 3.05) is 12.4 Å². The number of benzene rings is 2. The van der Waals surface area contributed by atoms with E-state index in [-0.39, 0.29) is 5.91 Å². The van der Waals surface area contributed by atoms with Crippen molar-refractivity contribution < 1.29 is 14.3 Å². The van der Waals surface area contributed by atoms with Gasteiger partial charge in [-0.25, -0.2) is 9.48 Å². The van der Waals surface area contributed by atoms with Crippen molar-refractivity contribution >= 4 is 23.8 Å². The van der Waals surface area contributed by atoms with Crippen LogP contribution in [0.25, 0.3) is 6.08 Å². The van der Waals surface area contributed by atoms with E-state index in [1.165, 1.54) is 18.7 Å². The molecule has 2 aromatic carbocycles. The van der Waals surface area contributed by atoms with Crippen LogP contribution in [-0.4, -0.2) is 28.8 Å². The summed E-state index contributed by atoms with van der Waals surface area (Å²) in [4.78, 5) is 23.7. The zero-order chi connectivity index (χ0) is 19.9. The number of nitrogens with one attached hydrogen (secondary N) is 1. The van der Waals surface area contributed by atoms with Crippen LogP contribution in [0.5, 0.6) is 0 Å². The molecule has 6 heteroatoms. The van der Waals surface area contributed by atoms with Crippen LogP contribution in [0, 0.1) is 6.92 Å². The predicted octanol–water partition coefficient (Wildman–Crippen LogP) is 3.68. The first kappa shape index (κ1) is 19.1. The predicted molar refractivity (Wildman–Crippen MR) is 108 cm³/mol. The number of aromatic nitrogens is 2. The summed E-state index contributed by atoms with van der Waals surface area (Å²) in [5.74, 6) is -0.0333. The number of ether oxygens (including phenoxy) is 1. The summed E-state index contributed by atoms with van der Waals surface area (Å²) in [7, 11) is 1.34. The molecule has 0 atom stereocenters. The number of esters is 1. The average Bonchev–Trinajstić information content (AvgIpc) is 3.14. The highest BCUT2D eigenvalue weighted by Gasteiger charge is 2.06. The van der Waals surface area contributed by atoms with E-state index in [0.29, 0.717) is 17.9 Å². The molecule has 0 bridgehead atoms. The Morgan fingerprint density at radius 2 is 1.79 bits per heavy atom. The summed E-state index contributed by atoms with van der Waals surface area (Å²) >= 11 is 0. The Hall–Kier alpha value is -3.67. The lowest BCUT2D eigenvalue weighted by molar-refractivity contribution is -0.111. The number of rotatable bonds is 6. The highest BCUT2D eigenvalue weighted by Crippen LogP contribution is 2.12. The quantitative estimate of drug-likeness (QED) is 0.527. The molecular weight excluding hydrogens is 354 g/mol. The van der Waals surface area contributed by atoms with Gasteiger partial charge in [0.05, 0.1) is 25.4 Å². The van der Waals surface area contributed by atoms with Crippen molar-refractivity contribution in [2.24, 2.45) is 0 Å². The minimum atomic E-state index is -0.393. The minimum Gasteiger partial charge on any atom is -0.465 e. The summed E-state index contributed by atoms with van der Waals surface area (Å²) in [5, 5.41) is 7.11. The topological polar surface area (TPSA) is 73.2 Å². The molecule has 0 aliphatic carbocycles. The maximum absolute atomic E-state index is 12.2. The lowest BCUT2D eigenvalue weighted by atomic mass is 10.1. The maximum Gasteiger partial charge on any atom is 0.337 e. The van der Waals surface area contributed by atoms with Crippen LogP contribution in [0.1, 0.15) is 27.0 Å². The first-order valence-electron chi connectivity index (χ1n) is 8.80. The molecule has 0 radical (unpaired) electrons. The molecule has 0 saturated carbocycles. The normalized spacial score (nSPS) is 10.8. The van der Waals surface area contributed by atoms with Crippen LogP contribution >= 0.6 is 0 Å². The molecule has 0 saturated heterocycles. The molecule has 1 aromatic heterocycles. The highest BCUT2D eigenvalue weighted by molar-refractivity contribution is 6.01. The molecule has 1 heterocycles. The van der Waals surface area contributed by atoms with Crippen LogP contribution in [0.2, 0.25) is 0 Å². The summed E-state index contributed by atoms with van der Waals surface area (Å²) in [6.07, 6.45) is 4.77. The number of hydrogen-bond acceptors (Lipinski definition) is 4. The molecule has 1 amide bonds. The molecule has 3 aromatic rings. The smallest absolute Gasteiger partial charge is 0.337 e. The lowest BCUT2D eigenvalue weighted by Gasteiger charge is -2.08.